The Labute approximate surface area is 183 Å². The number of hydrogen-bond acceptors (Lipinski definition) is 6. The molecule has 0 aliphatic heterocycles. The molecule has 1 aromatic heterocycles. The number of pyridine rings is 1. The summed E-state index contributed by atoms with van der Waals surface area (Å²) >= 11 is 0. The van der Waals surface area contributed by atoms with Crippen molar-refractivity contribution in [2.24, 2.45) is 5.92 Å². The minimum Gasteiger partial charge on any atom is -0.495 e. The zero-order chi connectivity index (χ0) is 22.4. The first-order valence-corrected chi connectivity index (χ1v) is 11.9. The minimum atomic E-state index is -3.77. The number of aromatic nitrogens is 1. The molecular weight excluding hydrogens is 418 g/mol. The predicted molar refractivity (Wildman–Crippen MR) is 117 cm³/mol. The highest BCUT2D eigenvalue weighted by Crippen LogP contribution is 2.29. The molecule has 2 aromatic rings. The quantitative estimate of drug-likeness (QED) is 0.569. The van der Waals surface area contributed by atoms with Crippen molar-refractivity contribution in [1.82, 2.24) is 14.6 Å². The zero-order valence-corrected chi connectivity index (χ0v) is 18.9. The van der Waals surface area contributed by atoms with E-state index in [9.17, 15) is 13.2 Å². The molecule has 0 bridgehead atoms. The van der Waals surface area contributed by atoms with Gasteiger partial charge in [0.15, 0.2) is 0 Å². The Hall–Kier alpha value is -2.65. The van der Waals surface area contributed by atoms with E-state index in [4.69, 9.17) is 9.47 Å². The van der Waals surface area contributed by atoms with Crippen LogP contribution in [0.5, 0.6) is 11.6 Å². The predicted octanol–water partition coefficient (Wildman–Crippen LogP) is 2.84. The van der Waals surface area contributed by atoms with Gasteiger partial charge in [-0.15, -0.1) is 0 Å². The van der Waals surface area contributed by atoms with Gasteiger partial charge in [-0.05, 0) is 42.5 Å². The Kier molecular flexibility index (Phi) is 7.50. The number of carbonyl (C=O) groups is 1. The summed E-state index contributed by atoms with van der Waals surface area (Å²) in [5.74, 6) is 1.05. The van der Waals surface area contributed by atoms with Crippen LogP contribution in [0, 0.1) is 5.92 Å². The Morgan fingerprint density at radius 1 is 1.19 bits per heavy atom. The van der Waals surface area contributed by atoms with Crippen molar-refractivity contribution in [3.05, 3.63) is 47.7 Å². The Bertz CT molecular complexity index is 1000. The van der Waals surface area contributed by atoms with Gasteiger partial charge in [0.05, 0.1) is 13.7 Å². The molecule has 3 rings (SSSR count). The molecule has 168 valence electrons. The minimum absolute atomic E-state index is 0.0230. The van der Waals surface area contributed by atoms with E-state index >= 15 is 0 Å². The van der Waals surface area contributed by atoms with Crippen molar-refractivity contribution in [3.63, 3.8) is 0 Å². The Morgan fingerprint density at radius 2 is 1.94 bits per heavy atom. The molecule has 1 aliphatic rings. The van der Waals surface area contributed by atoms with Crippen LogP contribution in [-0.2, 0) is 16.6 Å². The van der Waals surface area contributed by atoms with Gasteiger partial charge in [0.25, 0.3) is 5.91 Å². The molecule has 1 saturated carbocycles. The third kappa shape index (κ3) is 5.74. The first-order chi connectivity index (χ1) is 14.9. The van der Waals surface area contributed by atoms with Crippen molar-refractivity contribution in [1.29, 1.82) is 0 Å². The van der Waals surface area contributed by atoms with Crippen LogP contribution in [0.1, 0.15) is 42.6 Å². The Morgan fingerprint density at radius 3 is 2.52 bits per heavy atom. The number of carbonyl (C=O) groups excluding carboxylic acids is 1. The largest absolute Gasteiger partial charge is 0.495 e. The molecule has 0 atom stereocenters. The van der Waals surface area contributed by atoms with E-state index in [1.165, 1.54) is 36.4 Å². The van der Waals surface area contributed by atoms with Gasteiger partial charge in [0, 0.05) is 37.5 Å². The molecular formula is C22H29N3O5S. The second-order valence-corrected chi connectivity index (χ2v) is 9.30. The van der Waals surface area contributed by atoms with E-state index in [0.29, 0.717) is 31.5 Å². The lowest BCUT2D eigenvalue weighted by atomic mass is 10.2. The highest BCUT2D eigenvalue weighted by atomic mass is 32.2. The third-order valence-electron chi connectivity index (χ3n) is 5.16. The number of nitrogens with zero attached hydrogens (tertiary/aromatic N) is 2. The fourth-order valence-corrected chi connectivity index (χ4v) is 4.73. The summed E-state index contributed by atoms with van der Waals surface area (Å²) in [4.78, 5) is 16.9. The number of amides is 1. The standard InChI is InChI=1S/C22H29N3O5S/c1-4-25(5-2)31(27,28)20-12-18(9-10-19(20)29-3)22(26)24-14-17-8-11-21(23-13-17)30-15-16-6-7-16/h8-13,16H,4-7,14-15H2,1-3H3,(H,24,26). The number of nitrogens with one attached hydrogen (secondary N) is 1. The number of sulfonamides is 1. The van der Waals surface area contributed by atoms with Crippen LogP contribution in [-0.4, -0.2) is 50.4 Å². The molecule has 1 N–H and O–H groups in total. The second-order valence-electron chi connectivity index (χ2n) is 7.40. The molecule has 1 amide bonds. The van der Waals surface area contributed by atoms with Crippen LogP contribution in [0.4, 0.5) is 0 Å². The van der Waals surface area contributed by atoms with Crippen LogP contribution in [0.3, 0.4) is 0 Å². The lowest BCUT2D eigenvalue weighted by Gasteiger charge is -2.20. The maximum Gasteiger partial charge on any atom is 0.251 e. The molecule has 1 heterocycles. The van der Waals surface area contributed by atoms with Gasteiger partial charge in [0.2, 0.25) is 15.9 Å². The normalized spacial score (nSPS) is 13.8. The summed E-state index contributed by atoms with van der Waals surface area (Å²) in [6.45, 7) is 5.14. The van der Waals surface area contributed by atoms with Crippen LogP contribution in [0.2, 0.25) is 0 Å². The number of hydrogen-bond donors (Lipinski definition) is 1. The molecule has 9 heteroatoms. The average Bonchev–Trinajstić information content (AvgIpc) is 3.61. The zero-order valence-electron chi connectivity index (χ0n) is 18.1. The van der Waals surface area contributed by atoms with E-state index in [2.05, 4.69) is 10.3 Å². The van der Waals surface area contributed by atoms with Crippen molar-refractivity contribution in [2.75, 3.05) is 26.8 Å². The monoisotopic (exact) mass is 447 g/mol. The van der Waals surface area contributed by atoms with Gasteiger partial charge < -0.3 is 14.8 Å². The number of ether oxygens (including phenoxy) is 2. The van der Waals surface area contributed by atoms with Crippen LogP contribution < -0.4 is 14.8 Å². The van der Waals surface area contributed by atoms with Crippen molar-refractivity contribution in [2.45, 2.75) is 38.1 Å². The topological polar surface area (TPSA) is 97.8 Å². The van der Waals surface area contributed by atoms with E-state index in [-0.39, 0.29) is 28.7 Å². The lowest BCUT2D eigenvalue weighted by Crippen LogP contribution is -2.31. The third-order valence-corrected chi connectivity index (χ3v) is 7.23. The van der Waals surface area contributed by atoms with E-state index in [1.807, 2.05) is 6.07 Å². The van der Waals surface area contributed by atoms with Crippen molar-refractivity contribution < 1.29 is 22.7 Å². The molecule has 1 fully saturated rings. The summed E-state index contributed by atoms with van der Waals surface area (Å²) in [5.41, 5.74) is 1.06. The van der Waals surface area contributed by atoms with Gasteiger partial charge in [-0.3, -0.25) is 4.79 Å². The van der Waals surface area contributed by atoms with Gasteiger partial charge >= 0.3 is 0 Å². The number of methoxy groups -OCH3 is 1. The maximum absolute atomic E-state index is 13.0. The molecule has 0 unspecified atom stereocenters. The molecule has 0 spiro atoms. The summed E-state index contributed by atoms with van der Waals surface area (Å²) in [5, 5.41) is 2.80. The summed E-state index contributed by atoms with van der Waals surface area (Å²) in [7, 11) is -2.37. The van der Waals surface area contributed by atoms with Crippen LogP contribution in [0.15, 0.2) is 41.4 Å². The van der Waals surface area contributed by atoms with Crippen molar-refractivity contribution in [3.8, 4) is 11.6 Å². The lowest BCUT2D eigenvalue weighted by molar-refractivity contribution is 0.0950. The summed E-state index contributed by atoms with van der Waals surface area (Å²) in [6, 6.07) is 8.03. The fraction of sp³-hybridized carbons (Fsp3) is 0.455. The van der Waals surface area contributed by atoms with Gasteiger partial charge in [0.1, 0.15) is 10.6 Å². The molecule has 1 aromatic carbocycles. The van der Waals surface area contributed by atoms with Gasteiger partial charge in [-0.25, -0.2) is 13.4 Å². The number of rotatable bonds is 11. The molecule has 8 nitrogen and oxygen atoms in total. The molecule has 1 aliphatic carbocycles. The molecule has 0 saturated heterocycles. The van der Waals surface area contributed by atoms with Gasteiger partial charge in [-0.1, -0.05) is 19.9 Å². The fourth-order valence-electron chi connectivity index (χ4n) is 3.10. The first-order valence-electron chi connectivity index (χ1n) is 10.4. The summed E-state index contributed by atoms with van der Waals surface area (Å²) in [6.07, 6.45) is 4.09. The van der Waals surface area contributed by atoms with Gasteiger partial charge in [-0.2, -0.15) is 4.31 Å². The highest BCUT2D eigenvalue weighted by Gasteiger charge is 2.27. The molecule has 31 heavy (non-hydrogen) atoms. The second kappa shape index (κ2) is 10.1. The average molecular weight is 448 g/mol. The van der Waals surface area contributed by atoms with Crippen molar-refractivity contribution >= 4 is 15.9 Å². The van der Waals surface area contributed by atoms with Crippen LogP contribution >= 0.6 is 0 Å². The highest BCUT2D eigenvalue weighted by molar-refractivity contribution is 7.89. The Balaban J connectivity index is 1.68. The SMILES string of the molecule is CCN(CC)S(=O)(=O)c1cc(C(=O)NCc2ccc(OCC3CC3)nc2)ccc1OC. The first kappa shape index (κ1) is 23.0. The number of benzene rings is 1. The van der Waals surface area contributed by atoms with E-state index in [0.717, 1.165) is 5.56 Å². The van der Waals surface area contributed by atoms with E-state index < -0.39 is 10.0 Å². The molecule has 0 radical (unpaired) electrons. The summed E-state index contributed by atoms with van der Waals surface area (Å²) < 4.78 is 38.1. The van der Waals surface area contributed by atoms with Crippen LogP contribution in [0.25, 0.3) is 0 Å². The maximum atomic E-state index is 13.0. The van der Waals surface area contributed by atoms with E-state index in [1.54, 1.807) is 32.2 Å². The smallest absolute Gasteiger partial charge is 0.251 e.